The molecule has 1 atom stereocenters. The van der Waals surface area contributed by atoms with Gasteiger partial charge >= 0.3 is 5.97 Å². The number of hydrogen-bond acceptors (Lipinski definition) is 4. The summed E-state index contributed by atoms with van der Waals surface area (Å²) in [5.41, 5.74) is 0. The molecular formula is C20H42O5. The summed E-state index contributed by atoms with van der Waals surface area (Å²) < 4.78 is 0. The zero-order valence-electron chi connectivity index (χ0n) is 16.5. The number of carboxylic acid groups (broad SMARTS) is 1. The van der Waals surface area contributed by atoms with Crippen LogP contribution >= 0.6 is 0 Å². The number of aliphatic hydroxyl groups excluding tert-OH is 3. The summed E-state index contributed by atoms with van der Waals surface area (Å²) in [6.45, 7) is 3.72. The van der Waals surface area contributed by atoms with E-state index >= 15 is 0 Å². The summed E-state index contributed by atoms with van der Waals surface area (Å²) in [5, 5.41) is 33.0. The minimum absolute atomic E-state index is 0.365. The predicted octanol–water partition coefficient (Wildman–Crippen LogP) is 4.13. The Hall–Kier alpha value is -0.650. The number of aliphatic hydroxyl groups is 3. The number of rotatable bonds is 16. The molecule has 0 amide bonds. The Morgan fingerprint density at radius 3 is 1.52 bits per heavy atom. The Bertz CT molecular complexity index is 267. The quantitative estimate of drug-likeness (QED) is 0.309. The number of carbonyl (C=O) groups is 1. The first-order valence-corrected chi connectivity index (χ1v) is 10.1. The minimum atomic E-state index is -0.954. The van der Waals surface area contributed by atoms with E-state index in [1.54, 1.807) is 0 Å². The summed E-state index contributed by atoms with van der Waals surface area (Å²) in [4.78, 5) is 10.9. The summed E-state index contributed by atoms with van der Waals surface area (Å²) in [7, 11) is 0. The molecule has 0 heterocycles. The third kappa shape index (κ3) is 23.4. The van der Waals surface area contributed by atoms with E-state index in [1.165, 1.54) is 64.2 Å². The molecule has 0 radical (unpaired) electrons. The van der Waals surface area contributed by atoms with E-state index in [0.29, 0.717) is 12.3 Å². The van der Waals surface area contributed by atoms with Gasteiger partial charge in [-0.2, -0.15) is 0 Å². The molecule has 5 heteroatoms. The largest absolute Gasteiger partial charge is 0.481 e. The SMILES string of the molecule is CCCCCCCCC(CCCCCC)CC(=O)O.OCC(O)CO. The van der Waals surface area contributed by atoms with Gasteiger partial charge in [-0.05, 0) is 18.8 Å². The lowest BCUT2D eigenvalue weighted by atomic mass is 9.91. The Morgan fingerprint density at radius 1 is 0.760 bits per heavy atom. The fourth-order valence-corrected chi connectivity index (χ4v) is 2.73. The van der Waals surface area contributed by atoms with Crippen molar-refractivity contribution in [2.75, 3.05) is 13.2 Å². The molecule has 0 aliphatic rings. The molecular weight excluding hydrogens is 320 g/mol. The van der Waals surface area contributed by atoms with Gasteiger partial charge in [0.25, 0.3) is 0 Å². The normalized spacial score (nSPS) is 11.9. The van der Waals surface area contributed by atoms with Crippen molar-refractivity contribution in [2.24, 2.45) is 5.92 Å². The summed E-state index contributed by atoms with van der Waals surface area (Å²) >= 11 is 0. The molecule has 0 aromatic carbocycles. The van der Waals surface area contributed by atoms with Crippen LogP contribution in [0.1, 0.15) is 97.3 Å². The summed E-state index contributed by atoms with van der Waals surface area (Å²) in [6, 6.07) is 0. The molecule has 25 heavy (non-hydrogen) atoms. The third-order valence-electron chi connectivity index (χ3n) is 4.32. The lowest BCUT2D eigenvalue weighted by Gasteiger charge is -2.14. The second-order valence-electron chi connectivity index (χ2n) is 6.89. The van der Waals surface area contributed by atoms with Gasteiger partial charge in [0.1, 0.15) is 6.10 Å². The van der Waals surface area contributed by atoms with Crippen molar-refractivity contribution in [3.63, 3.8) is 0 Å². The first kappa shape index (κ1) is 26.6. The Kier molecular flexibility index (Phi) is 22.7. The minimum Gasteiger partial charge on any atom is -0.481 e. The number of carboxylic acids is 1. The van der Waals surface area contributed by atoms with Gasteiger partial charge < -0.3 is 20.4 Å². The van der Waals surface area contributed by atoms with Gasteiger partial charge in [0.15, 0.2) is 0 Å². The fourth-order valence-electron chi connectivity index (χ4n) is 2.73. The number of aliphatic carboxylic acids is 1. The molecule has 0 aliphatic carbocycles. The maximum Gasteiger partial charge on any atom is 0.303 e. The lowest BCUT2D eigenvalue weighted by molar-refractivity contribution is -0.138. The Balaban J connectivity index is 0. The van der Waals surface area contributed by atoms with Gasteiger partial charge in [-0.3, -0.25) is 4.79 Å². The van der Waals surface area contributed by atoms with Crippen LogP contribution in [0.4, 0.5) is 0 Å². The number of hydrogen-bond donors (Lipinski definition) is 4. The van der Waals surface area contributed by atoms with Crippen LogP contribution in [0.15, 0.2) is 0 Å². The monoisotopic (exact) mass is 362 g/mol. The van der Waals surface area contributed by atoms with Gasteiger partial charge in [0.05, 0.1) is 13.2 Å². The van der Waals surface area contributed by atoms with Crippen LogP contribution in [0.2, 0.25) is 0 Å². The maximum atomic E-state index is 10.9. The van der Waals surface area contributed by atoms with Crippen molar-refractivity contribution >= 4 is 5.97 Å². The topological polar surface area (TPSA) is 98.0 Å². The third-order valence-corrected chi connectivity index (χ3v) is 4.32. The molecule has 0 spiro atoms. The molecule has 4 N–H and O–H groups in total. The standard InChI is InChI=1S/C17H34O2.C3H8O3/c1-3-5-7-9-10-12-14-16(15-17(18)19)13-11-8-6-4-2;4-1-3(6)2-5/h16H,3-15H2,1-2H3,(H,18,19);3-6H,1-2H2. The molecule has 0 saturated carbocycles. The van der Waals surface area contributed by atoms with Crippen LogP contribution in [-0.2, 0) is 4.79 Å². The van der Waals surface area contributed by atoms with Crippen LogP contribution in [0.5, 0.6) is 0 Å². The van der Waals surface area contributed by atoms with Crippen molar-refractivity contribution in [1.82, 2.24) is 0 Å². The van der Waals surface area contributed by atoms with Crippen molar-refractivity contribution < 1.29 is 25.2 Å². The summed E-state index contributed by atoms with van der Waals surface area (Å²) in [6.07, 6.45) is 14.5. The highest BCUT2D eigenvalue weighted by Gasteiger charge is 2.12. The maximum absolute atomic E-state index is 10.9. The van der Waals surface area contributed by atoms with Gasteiger partial charge in [-0.15, -0.1) is 0 Å². The van der Waals surface area contributed by atoms with Crippen LogP contribution in [-0.4, -0.2) is 45.7 Å². The van der Waals surface area contributed by atoms with E-state index in [4.69, 9.17) is 20.4 Å². The lowest BCUT2D eigenvalue weighted by Crippen LogP contribution is -2.15. The molecule has 1 unspecified atom stereocenters. The van der Waals surface area contributed by atoms with Crippen molar-refractivity contribution in [1.29, 1.82) is 0 Å². The molecule has 0 aliphatic heterocycles. The highest BCUT2D eigenvalue weighted by atomic mass is 16.4. The Morgan fingerprint density at radius 2 is 1.16 bits per heavy atom. The van der Waals surface area contributed by atoms with Crippen LogP contribution < -0.4 is 0 Å². The molecule has 0 fully saturated rings. The smallest absolute Gasteiger partial charge is 0.303 e. The van der Waals surface area contributed by atoms with Crippen LogP contribution in [0, 0.1) is 5.92 Å². The molecule has 0 bridgehead atoms. The first-order chi connectivity index (χ1) is 12.0. The average Bonchev–Trinajstić information content (AvgIpc) is 2.60. The molecule has 0 rings (SSSR count). The van der Waals surface area contributed by atoms with Gasteiger partial charge in [-0.1, -0.05) is 78.1 Å². The van der Waals surface area contributed by atoms with E-state index in [1.807, 2.05) is 0 Å². The van der Waals surface area contributed by atoms with Crippen molar-refractivity contribution in [3.8, 4) is 0 Å². The van der Waals surface area contributed by atoms with Gasteiger partial charge in [-0.25, -0.2) is 0 Å². The molecule has 152 valence electrons. The van der Waals surface area contributed by atoms with Gasteiger partial charge in [0.2, 0.25) is 0 Å². The molecule has 0 saturated heterocycles. The zero-order valence-corrected chi connectivity index (χ0v) is 16.5. The van der Waals surface area contributed by atoms with E-state index in [2.05, 4.69) is 13.8 Å². The zero-order chi connectivity index (χ0) is 19.3. The highest BCUT2D eigenvalue weighted by molar-refractivity contribution is 5.66. The average molecular weight is 363 g/mol. The molecule has 5 nitrogen and oxygen atoms in total. The van der Waals surface area contributed by atoms with E-state index in [0.717, 1.165) is 12.8 Å². The van der Waals surface area contributed by atoms with E-state index in [-0.39, 0.29) is 13.2 Å². The Labute approximate surface area is 154 Å². The predicted molar refractivity (Wildman–Crippen MR) is 103 cm³/mol. The van der Waals surface area contributed by atoms with Crippen molar-refractivity contribution in [2.45, 2.75) is 103 Å². The van der Waals surface area contributed by atoms with E-state index in [9.17, 15) is 4.79 Å². The first-order valence-electron chi connectivity index (χ1n) is 10.1. The highest BCUT2D eigenvalue weighted by Crippen LogP contribution is 2.21. The number of unbranched alkanes of at least 4 members (excludes halogenated alkanes) is 8. The van der Waals surface area contributed by atoms with Crippen LogP contribution in [0.25, 0.3) is 0 Å². The second-order valence-corrected chi connectivity index (χ2v) is 6.89. The summed E-state index contributed by atoms with van der Waals surface area (Å²) in [5.74, 6) is -0.202. The molecule has 0 aromatic heterocycles. The van der Waals surface area contributed by atoms with Gasteiger partial charge in [0, 0.05) is 6.42 Å². The van der Waals surface area contributed by atoms with E-state index < -0.39 is 12.1 Å². The molecule has 0 aromatic rings. The van der Waals surface area contributed by atoms with Crippen LogP contribution in [0.3, 0.4) is 0 Å². The van der Waals surface area contributed by atoms with Crippen molar-refractivity contribution in [3.05, 3.63) is 0 Å². The fraction of sp³-hybridized carbons (Fsp3) is 0.950. The second kappa shape index (κ2) is 21.4.